The minimum atomic E-state index is -0.326. The Labute approximate surface area is 209 Å². The number of piperazine rings is 1. The molecule has 5 rings (SSSR count). The molecule has 0 aromatic carbocycles. The van der Waals surface area contributed by atoms with Crippen LogP contribution in [0, 0.1) is 18.3 Å². The van der Waals surface area contributed by atoms with Gasteiger partial charge in [-0.1, -0.05) is 13.8 Å². The molecule has 0 radical (unpaired) electrons. The Kier molecular flexibility index (Phi) is 6.22. The zero-order chi connectivity index (χ0) is 25.6. The van der Waals surface area contributed by atoms with Crippen LogP contribution in [0.5, 0.6) is 0 Å². The quantitative estimate of drug-likeness (QED) is 0.406. The third kappa shape index (κ3) is 4.01. The molecule has 3 atom stereocenters. The fourth-order valence-electron chi connectivity index (χ4n) is 5.28. The standard InChI is InChI=1S/C25H32N10O/c1-6-19-15-33(24-28-25(36)31(5)23-13-18(8-10-26)30-35(23)24)20(7-2)14-32(19)17(4)21-9-11-34-22(27-21)12-16(3)29-34/h9,11-13,17,19-20H,6-8,14-15H2,1-5H3/t17?,19-,20+/m1/s1. The van der Waals surface area contributed by atoms with Crippen molar-refractivity contribution in [3.8, 4) is 6.07 Å². The second-order valence-corrected chi connectivity index (χ2v) is 9.58. The normalized spacial score (nSPS) is 19.7. The lowest BCUT2D eigenvalue weighted by molar-refractivity contribution is 0.0980. The number of anilines is 1. The summed E-state index contributed by atoms with van der Waals surface area (Å²) in [6, 6.07) is 8.49. The highest BCUT2D eigenvalue weighted by Crippen LogP contribution is 2.31. The second kappa shape index (κ2) is 9.35. The largest absolute Gasteiger partial charge is 0.352 e. The third-order valence-electron chi connectivity index (χ3n) is 7.35. The predicted octanol–water partition coefficient (Wildman–Crippen LogP) is 2.29. The van der Waals surface area contributed by atoms with Gasteiger partial charge in [0.15, 0.2) is 5.65 Å². The average Bonchev–Trinajstić information content (AvgIpc) is 3.47. The first-order chi connectivity index (χ1) is 17.3. The first-order valence-electron chi connectivity index (χ1n) is 12.5. The fraction of sp³-hybridized carbons (Fsp3) is 0.520. The molecule has 4 aromatic heterocycles. The van der Waals surface area contributed by atoms with Crippen molar-refractivity contribution in [1.82, 2.24) is 38.7 Å². The van der Waals surface area contributed by atoms with Crippen LogP contribution in [0.1, 0.15) is 56.7 Å². The Morgan fingerprint density at radius 3 is 2.64 bits per heavy atom. The zero-order valence-corrected chi connectivity index (χ0v) is 21.5. The minimum Gasteiger partial charge on any atom is -0.335 e. The first-order valence-corrected chi connectivity index (χ1v) is 12.5. The number of nitriles is 1. The van der Waals surface area contributed by atoms with Gasteiger partial charge in [-0.05, 0) is 32.8 Å². The Morgan fingerprint density at radius 1 is 1.14 bits per heavy atom. The lowest BCUT2D eigenvalue weighted by Gasteiger charge is -2.48. The Morgan fingerprint density at radius 2 is 1.92 bits per heavy atom. The van der Waals surface area contributed by atoms with Crippen molar-refractivity contribution in [3.63, 3.8) is 0 Å². The van der Waals surface area contributed by atoms with Gasteiger partial charge in [0.2, 0.25) is 5.95 Å². The van der Waals surface area contributed by atoms with Crippen LogP contribution in [-0.2, 0) is 13.5 Å². The molecule has 11 heteroatoms. The van der Waals surface area contributed by atoms with Crippen molar-refractivity contribution in [2.75, 3.05) is 18.0 Å². The van der Waals surface area contributed by atoms with Crippen LogP contribution in [0.25, 0.3) is 11.3 Å². The van der Waals surface area contributed by atoms with E-state index in [0.717, 1.165) is 43.0 Å². The molecule has 0 saturated carbocycles. The number of rotatable bonds is 6. The molecule has 5 heterocycles. The van der Waals surface area contributed by atoms with Crippen molar-refractivity contribution < 1.29 is 0 Å². The molecule has 0 bridgehead atoms. The molecule has 1 aliphatic heterocycles. The van der Waals surface area contributed by atoms with Crippen molar-refractivity contribution in [1.29, 1.82) is 5.26 Å². The van der Waals surface area contributed by atoms with Gasteiger partial charge in [-0.3, -0.25) is 9.47 Å². The molecule has 36 heavy (non-hydrogen) atoms. The van der Waals surface area contributed by atoms with E-state index in [9.17, 15) is 4.79 Å². The van der Waals surface area contributed by atoms with Gasteiger partial charge < -0.3 is 4.90 Å². The molecule has 0 N–H and O–H groups in total. The van der Waals surface area contributed by atoms with E-state index in [2.05, 4.69) is 57.9 Å². The van der Waals surface area contributed by atoms with E-state index in [1.165, 1.54) is 4.57 Å². The Hall–Kier alpha value is -3.78. The summed E-state index contributed by atoms with van der Waals surface area (Å²) in [4.78, 5) is 26.9. The highest BCUT2D eigenvalue weighted by molar-refractivity contribution is 5.48. The molecule has 0 spiro atoms. The average molecular weight is 489 g/mol. The molecule has 1 saturated heterocycles. The highest BCUT2D eigenvalue weighted by atomic mass is 16.1. The zero-order valence-electron chi connectivity index (χ0n) is 21.5. The summed E-state index contributed by atoms with van der Waals surface area (Å²) in [7, 11) is 1.68. The number of aromatic nitrogens is 7. The summed E-state index contributed by atoms with van der Waals surface area (Å²) in [5, 5.41) is 18.2. The molecule has 11 nitrogen and oxygen atoms in total. The van der Waals surface area contributed by atoms with Crippen LogP contribution in [0.4, 0.5) is 5.95 Å². The molecule has 0 amide bonds. The van der Waals surface area contributed by atoms with Crippen molar-refractivity contribution in [2.24, 2.45) is 7.05 Å². The van der Waals surface area contributed by atoms with Crippen LogP contribution < -0.4 is 10.6 Å². The van der Waals surface area contributed by atoms with E-state index in [0.29, 0.717) is 17.3 Å². The molecule has 1 fully saturated rings. The molecular formula is C25H32N10O. The molecule has 1 aliphatic rings. The van der Waals surface area contributed by atoms with Gasteiger partial charge in [-0.2, -0.15) is 25.0 Å². The van der Waals surface area contributed by atoms with E-state index in [-0.39, 0.29) is 30.2 Å². The van der Waals surface area contributed by atoms with Gasteiger partial charge in [0.05, 0.1) is 29.6 Å². The lowest BCUT2D eigenvalue weighted by atomic mass is 9.99. The monoisotopic (exact) mass is 488 g/mol. The van der Waals surface area contributed by atoms with Crippen LogP contribution in [0.2, 0.25) is 0 Å². The van der Waals surface area contributed by atoms with E-state index in [1.807, 2.05) is 23.7 Å². The minimum absolute atomic E-state index is 0.120. The number of hydrogen-bond acceptors (Lipinski definition) is 8. The van der Waals surface area contributed by atoms with E-state index in [1.54, 1.807) is 17.6 Å². The maximum Gasteiger partial charge on any atom is 0.352 e. The van der Waals surface area contributed by atoms with E-state index < -0.39 is 0 Å². The second-order valence-electron chi connectivity index (χ2n) is 9.58. The predicted molar refractivity (Wildman–Crippen MR) is 136 cm³/mol. The smallest absolute Gasteiger partial charge is 0.335 e. The van der Waals surface area contributed by atoms with Gasteiger partial charge in [0, 0.05) is 56.6 Å². The van der Waals surface area contributed by atoms with Crippen molar-refractivity contribution >= 4 is 17.2 Å². The van der Waals surface area contributed by atoms with Crippen molar-refractivity contribution in [2.45, 2.75) is 65.1 Å². The van der Waals surface area contributed by atoms with Crippen LogP contribution in [0.3, 0.4) is 0 Å². The number of nitrogens with zero attached hydrogens (tertiary/aromatic N) is 10. The molecule has 1 unspecified atom stereocenters. The maximum atomic E-state index is 12.8. The summed E-state index contributed by atoms with van der Waals surface area (Å²) in [5.74, 6) is 0.546. The van der Waals surface area contributed by atoms with Gasteiger partial charge in [0.1, 0.15) is 5.65 Å². The Bertz CT molecular complexity index is 1510. The molecule has 4 aromatic rings. The maximum absolute atomic E-state index is 12.8. The SMILES string of the molecule is CC[C@H]1CN(C(C)c2ccn3nc(C)cc3n2)[C@H](CC)CN1c1nc(=O)n(C)c2cc(CC#N)nn12. The lowest BCUT2D eigenvalue weighted by Crippen LogP contribution is -2.59. The first kappa shape index (κ1) is 23.9. The van der Waals surface area contributed by atoms with Crippen LogP contribution in [0.15, 0.2) is 29.2 Å². The molecule has 0 aliphatic carbocycles. The van der Waals surface area contributed by atoms with E-state index in [4.69, 9.17) is 10.2 Å². The summed E-state index contributed by atoms with van der Waals surface area (Å²) in [5.41, 5.74) is 3.77. The van der Waals surface area contributed by atoms with Crippen molar-refractivity contribution in [3.05, 3.63) is 52.0 Å². The van der Waals surface area contributed by atoms with Gasteiger partial charge in [0.25, 0.3) is 0 Å². The summed E-state index contributed by atoms with van der Waals surface area (Å²) >= 11 is 0. The summed E-state index contributed by atoms with van der Waals surface area (Å²) < 4.78 is 5.01. The number of fused-ring (bicyclic) bond motifs is 2. The van der Waals surface area contributed by atoms with Gasteiger partial charge in [-0.15, -0.1) is 0 Å². The molecule has 188 valence electrons. The van der Waals surface area contributed by atoms with Crippen LogP contribution >= 0.6 is 0 Å². The Balaban J connectivity index is 1.50. The highest BCUT2D eigenvalue weighted by Gasteiger charge is 2.37. The number of hydrogen-bond donors (Lipinski definition) is 0. The topological polar surface area (TPSA) is 113 Å². The molecular weight excluding hydrogens is 456 g/mol. The van der Waals surface area contributed by atoms with E-state index >= 15 is 0 Å². The fourth-order valence-corrected chi connectivity index (χ4v) is 5.28. The summed E-state index contributed by atoms with van der Waals surface area (Å²) in [6.45, 7) is 10.1. The van der Waals surface area contributed by atoms with Gasteiger partial charge >= 0.3 is 5.69 Å². The van der Waals surface area contributed by atoms with Crippen LogP contribution in [-0.4, -0.2) is 63.8 Å². The number of aryl methyl sites for hydroxylation is 2. The third-order valence-corrected chi connectivity index (χ3v) is 7.35. The van der Waals surface area contributed by atoms with Gasteiger partial charge in [-0.25, -0.2) is 14.3 Å². The summed E-state index contributed by atoms with van der Waals surface area (Å²) in [6.07, 6.45) is 3.99.